The molecular formula is C9H13NO2S. The molecule has 1 atom stereocenters. The molecule has 72 valence electrons. The minimum absolute atomic E-state index is 0.609. The number of sulfone groups is 1. The van der Waals surface area contributed by atoms with Crippen molar-refractivity contribution >= 4 is 9.84 Å². The van der Waals surface area contributed by atoms with Crippen molar-refractivity contribution < 1.29 is 8.42 Å². The summed E-state index contributed by atoms with van der Waals surface area (Å²) < 4.78 is 22.7. The Morgan fingerprint density at radius 3 is 2.08 bits per heavy atom. The highest BCUT2D eigenvalue weighted by Crippen LogP contribution is 2.22. The van der Waals surface area contributed by atoms with Gasteiger partial charge in [-0.3, -0.25) is 0 Å². The highest BCUT2D eigenvalue weighted by Gasteiger charge is 2.32. The summed E-state index contributed by atoms with van der Waals surface area (Å²) in [5.41, 5.74) is 6.34. The lowest BCUT2D eigenvalue weighted by Gasteiger charge is -2.22. The minimum atomic E-state index is -3.28. The van der Waals surface area contributed by atoms with Crippen LogP contribution >= 0.6 is 0 Å². The summed E-state index contributed by atoms with van der Waals surface area (Å²) in [7, 11) is -3.28. The maximum absolute atomic E-state index is 11.3. The Bertz CT molecular complexity index is 381. The van der Waals surface area contributed by atoms with E-state index in [1.54, 1.807) is 24.3 Å². The zero-order valence-corrected chi connectivity index (χ0v) is 8.51. The Kier molecular flexibility index (Phi) is 2.45. The van der Waals surface area contributed by atoms with Gasteiger partial charge in [0.2, 0.25) is 0 Å². The topological polar surface area (TPSA) is 60.2 Å². The molecule has 0 aliphatic heterocycles. The SMILES string of the molecule is CC(N)(c1ccccc1)S(C)(=O)=O. The van der Waals surface area contributed by atoms with E-state index in [1.807, 2.05) is 6.07 Å². The average molecular weight is 199 g/mol. The van der Waals surface area contributed by atoms with Crippen molar-refractivity contribution in [1.82, 2.24) is 0 Å². The van der Waals surface area contributed by atoms with Crippen LogP contribution in [0.1, 0.15) is 12.5 Å². The Labute approximate surface area is 78.5 Å². The first kappa shape index (κ1) is 10.2. The van der Waals surface area contributed by atoms with Crippen LogP contribution in [0.5, 0.6) is 0 Å². The first-order chi connectivity index (χ1) is 5.86. The van der Waals surface area contributed by atoms with Crippen LogP contribution in [0.2, 0.25) is 0 Å². The van der Waals surface area contributed by atoms with Gasteiger partial charge in [0.15, 0.2) is 9.84 Å². The Morgan fingerprint density at radius 2 is 1.69 bits per heavy atom. The largest absolute Gasteiger partial charge is 0.309 e. The number of nitrogens with two attached hydrogens (primary N) is 1. The van der Waals surface area contributed by atoms with Crippen molar-refractivity contribution in [3.05, 3.63) is 35.9 Å². The maximum atomic E-state index is 11.3. The van der Waals surface area contributed by atoms with E-state index >= 15 is 0 Å². The zero-order valence-electron chi connectivity index (χ0n) is 7.69. The van der Waals surface area contributed by atoms with Gasteiger partial charge in [-0.25, -0.2) is 8.42 Å². The van der Waals surface area contributed by atoms with E-state index in [1.165, 1.54) is 6.92 Å². The molecule has 3 nitrogen and oxygen atoms in total. The van der Waals surface area contributed by atoms with Crippen LogP contribution in [-0.2, 0) is 14.7 Å². The van der Waals surface area contributed by atoms with Crippen LogP contribution in [-0.4, -0.2) is 14.7 Å². The third-order valence-electron chi connectivity index (χ3n) is 2.12. The number of benzene rings is 1. The van der Waals surface area contributed by atoms with E-state index in [9.17, 15) is 8.42 Å². The molecular weight excluding hydrogens is 186 g/mol. The second-order valence-corrected chi connectivity index (χ2v) is 5.64. The molecule has 0 aliphatic rings. The van der Waals surface area contributed by atoms with Crippen molar-refractivity contribution in [3.63, 3.8) is 0 Å². The van der Waals surface area contributed by atoms with E-state index in [0.29, 0.717) is 5.56 Å². The molecule has 1 rings (SSSR count). The summed E-state index contributed by atoms with van der Waals surface area (Å²) in [5.74, 6) is 0. The summed E-state index contributed by atoms with van der Waals surface area (Å²) in [6.07, 6.45) is 1.14. The molecule has 1 aromatic carbocycles. The second-order valence-electron chi connectivity index (χ2n) is 3.25. The standard InChI is InChI=1S/C9H13NO2S/c1-9(10,13(2,11)12)8-6-4-3-5-7-8/h3-7H,10H2,1-2H3. The van der Waals surface area contributed by atoms with Crippen molar-refractivity contribution in [2.24, 2.45) is 5.73 Å². The molecule has 13 heavy (non-hydrogen) atoms. The van der Waals surface area contributed by atoms with Crippen molar-refractivity contribution in [3.8, 4) is 0 Å². The Balaban J connectivity index is 3.24. The fraction of sp³-hybridized carbons (Fsp3) is 0.333. The monoisotopic (exact) mass is 199 g/mol. The van der Waals surface area contributed by atoms with E-state index in [2.05, 4.69) is 0 Å². The molecule has 0 radical (unpaired) electrons. The van der Waals surface area contributed by atoms with E-state index in [-0.39, 0.29) is 0 Å². The number of rotatable bonds is 2. The summed E-state index contributed by atoms with van der Waals surface area (Å²) in [5, 5.41) is 0. The summed E-state index contributed by atoms with van der Waals surface area (Å²) in [6.45, 7) is 1.50. The van der Waals surface area contributed by atoms with Gasteiger partial charge in [-0.2, -0.15) is 0 Å². The molecule has 2 N–H and O–H groups in total. The van der Waals surface area contributed by atoms with Crippen LogP contribution in [0.25, 0.3) is 0 Å². The van der Waals surface area contributed by atoms with Gasteiger partial charge in [0.1, 0.15) is 4.87 Å². The number of hydrogen-bond acceptors (Lipinski definition) is 3. The lowest BCUT2D eigenvalue weighted by molar-refractivity contribution is 0.552. The van der Waals surface area contributed by atoms with Crippen LogP contribution in [0.3, 0.4) is 0 Å². The van der Waals surface area contributed by atoms with Gasteiger partial charge in [0, 0.05) is 6.26 Å². The van der Waals surface area contributed by atoms with Gasteiger partial charge in [-0.05, 0) is 12.5 Å². The Morgan fingerprint density at radius 1 is 1.23 bits per heavy atom. The van der Waals surface area contributed by atoms with Gasteiger partial charge in [0.25, 0.3) is 0 Å². The van der Waals surface area contributed by atoms with Gasteiger partial charge in [-0.15, -0.1) is 0 Å². The van der Waals surface area contributed by atoms with Crippen LogP contribution in [0.4, 0.5) is 0 Å². The quantitative estimate of drug-likeness (QED) is 0.768. The van der Waals surface area contributed by atoms with Gasteiger partial charge in [0.05, 0.1) is 0 Å². The fourth-order valence-corrected chi connectivity index (χ4v) is 1.55. The summed E-state index contributed by atoms with van der Waals surface area (Å²) in [4.78, 5) is -1.30. The number of hydrogen-bond donors (Lipinski definition) is 1. The molecule has 0 heterocycles. The molecule has 0 fully saturated rings. The second kappa shape index (κ2) is 3.12. The molecule has 0 amide bonds. The van der Waals surface area contributed by atoms with Gasteiger partial charge >= 0.3 is 0 Å². The highest BCUT2D eigenvalue weighted by atomic mass is 32.2. The van der Waals surface area contributed by atoms with E-state index in [4.69, 9.17) is 5.73 Å². The van der Waals surface area contributed by atoms with Crippen molar-refractivity contribution in [2.45, 2.75) is 11.8 Å². The van der Waals surface area contributed by atoms with Gasteiger partial charge < -0.3 is 5.73 Å². The molecule has 0 saturated carbocycles. The molecule has 0 aromatic heterocycles. The molecule has 0 spiro atoms. The highest BCUT2D eigenvalue weighted by molar-refractivity contribution is 7.91. The zero-order chi connectivity index (χ0) is 10.1. The van der Waals surface area contributed by atoms with Gasteiger partial charge in [-0.1, -0.05) is 30.3 Å². The van der Waals surface area contributed by atoms with E-state index < -0.39 is 14.7 Å². The lowest BCUT2D eigenvalue weighted by atomic mass is 10.1. The van der Waals surface area contributed by atoms with Crippen LogP contribution in [0.15, 0.2) is 30.3 Å². The van der Waals surface area contributed by atoms with Crippen molar-refractivity contribution in [1.29, 1.82) is 0 Å². The van der Waals surface area contributed by atoms with Crippen LogP contribution < -0.4 is 5.73 Å². The molecule has 0 aliphatic carbocycles. The van der Waals surface area contributed by atoms with E-state index in [0.717, 1.165) is 6.26 Å². The first-order valence-corrected chi connectivity index (χ1v) is 5.79. The minimum Gasteiger partial charge on any atom is -0.309 e. The predicted molar refractivity (Wildman–Crippen MR) is 52.8 cm³/mol. The lowest BCUT2D eigenvalue weighted by Crippen LogP contribution is -2.40. The molecule has 0 saturated heterocycles. The first-order valence-electron chi connectivity index (χ1n) is 3.90. The van der Waals surface area contributed by atoms with Crippen LogP contribution in [0, 0.1) is 0 Å². The molecule has 4 heteroatoms. The smallest absolute Gasteiger partial charge is 0.169 e. The molecule has 1 aromatic rings. The average Bonchev–Trinajstić information content (AvgIpc) is 2.04. The molecule has 0 bridgehead atoms. The normalized spacial score (nSPS) is 16.5. The third kappa shape index (κ3) is 1.89. The third-order valence-corrected chi connectivity index (χ3v) is 3.89. The Hall–Kier alpha value is -0.870. The summed E-state index contributed by atoms with van der Waals surface area (Å²) in [6, 6.07) is 8.78. The predicted octanol–water partition coefficient (Wildman–Crippen LogP) is 0.863. The maximum Gasteiger partial charge on any atom is 0.169 e. The fourth-order valence-electron chi connectivity index (χ4n) is 0.983. The van der Waals surface area contributed by atoms with Crippen molar-refractivity contribution in [2.75, 3.05) is 6.26 Å². The molecule has 1 unspecified atom stereocenters. The summed E-state index contributed by atoms with van der Waals surface area (Å²) >= 11 is 0.